The first-order valence-corrected chi connectivity index (χ1v) is 7.37. The van der Waals surface area contributed by atoms with Crippen molar-refractivity contribution in [1.29, 1.82) is 0 Å². The van der Waals surface area contributed by atoms with Crippen molar-refractivity contribution in [2.75, 3.05) is 19.5 Å². The predicted octanol–water partition coefficient (Wildman–Crippen LogP) is 2.23. The predicted molar refractivity (Wildman–Crippen MR) is 88.4 cm³/mol. The lowest BCUT2D eigenvalue weighted by molar-refractivity contribution is -0.125. The summed E-state index contributed by atoms with van der Waals surface area (Å²) in [5.74, 6) is 1.05. The molecule has 0 unspecified atom stereocenters. The van der Waals surface area contributed by atoms with Crippen LogP contribution < -0.4 is 14.8 Å². The summed E-state index contributed by atoms with van der Waals surface area (Å²) in [7, 11) is 3.16. The molecule has 0 saturated heterocycles. The van der Waals surface area contributed by atoms with Crippen LogP contribution in [0.2, 0.25) is 0 Å². The van der Waals surface area contributed by atoms with Crippen LogP contribution in [0, 0.1) is 0 Å². The number of ether oxygens (including phenoxy) is 2. The molecule has 7 heteroatoms. The normalized spacial score (nSPS) is 16.1. The minimum Gasteiger partial charge on any atom is -0.497 e. The van der Waals surface area contributed by atoms with E-state index in [1.807, 2.05) is 6.07 Å². The highest BCUT2D eigenvalue weighted by Crippen LogP contribution is 2.28. The number of amides is 1. The Bertz CT molecular complexity index is 762. The zero-order chi connectivity index (χ0) is 16.9. The number of carbonyl (C=O) groups excluding carboxylic acids is 1. The van der Waals surface area contributed by atoms with Crippen LogP contribution in [0.5, 0.6) is 11.5 Å². The number of hydrogen-bond acceptors (Lipinski definition) is 6. The zero-order valence-electron chi connectivity index (χ0n) is 13.4. The maximum Gasteiger partial charge on any atom is 0.268 e. The quantitative estimate of drug-likeness (QED) is 0.910. The molecule has 1 N–H and O–H groups in total. The molecule has 7 nitrogen and oxygen atoms in total. The molecule has 0 saturated carbocycles. The summed E-state index contributed by atoms with van der Waals surface area (Å²) in [5, 5.41) is 6.79. The molecule has 0 aliphatic carbocycles. The number of oxime groups is 1. The van der Waals surface area contributed by atoms with Crippen molar-refractivity contribution in [2.24, 2.45) is 5.16 Å². The summed E-state index contributed by atoms with van der Waals surface area (Å²) in [4.78, 5) is 21.5. The largest absolute Gasteiger partial charge is 0.497 e. The van der Waals surface area contributed by atoms with Crippen LogP contribution in [-0.4, -0.2) is 36.9 Å². The minimum atomic E-state index is -0.698. The molecule has 2 heterocycles. The molecule has 0 spiro atoms. The van der Waals surface area contributed by atoms with Crippen molar-refractivity contribution in [2.45, 2.75) is 12.5 Å². The highest BCUT2D eigenvalue weighted by Gasteiger charge is 2.30. The SMILES string of the molecule is COc1ccc(OC)c(C2=NO[C@@H](C(=O)Nc3cccnc3)C2)c1. The Balaban J connectivity index is 1.72. The third-order valence-electron chi connectivity index (χ3n) is 3.61. The van der Waals surface area contributed by atoms with Crippen LogP contribution >= 0.6 is 0 Å². The molecule has 0 radical (unpaired) electrons. The van der Waals surface area contributed by atoms with Crippen LogP contribution in [0.1, 0.15) is 12.0 Å². The van der Waals surface area contributed by atoms with E-state index in [9.17, 15) is 4.79 Å². The molecule has 1 atom stereocenters. The van der Waals surface area contributed by atoms with Gasteiger partial charge in [0.05, 0.1) is 31.8 Å². The molecular formula is C17H17N3O4. The maximum absolute atomic E-state index is 12.3. The molecule has 2 aromatic rings. The van der Waals surface area contributed by atoms with Gasteiger partial charge in [-0.3, -0.25) is 9.78 Å². The molecule has 1 aromatic carbocycles. The second-order valence-electron chi connectivity index (χ2n) is 5.13. The van der Waals surface area contributed by atoms with E-state index < -0.39 is 6.10 Å². The van der Waals surface area contributed by atoms with E-state index in [4.69, 9.17) is 14.3 Å². The lowest BCUT2D eigenvalue weighted by Crippen LogP contribution is -2.28. The Morgan fingerprint density at radius 2 is 2.17 bits per heavy atom. The van der Waals surface area contributed by atoms with Gasteiger partial charge in [0.25, 0.3) is 5.91 Å². The third-order valence-corrected chi connectivity index (χ3v) is 3.61. The second kappa shape index (κ2) is 6.99. The summed E-state index contributed by atoms with van der Waals surface area (Å²) >= 11 is 0. The molecule has 1 aliphatic rings. The molecule has 0 bridgehead atoms. The number of rotatable bonds is 5. The fourth-order valence-electron chi connectivity index (χ4n) is 2.38. The first-order chi connectivity index (χ1) is 11.7. The van der Waals surface area contributed by atoms with Gasteiger partial charge >= 0.3 is 0 Å². The highest BCUT2D eigenvalue weighted by atomic mass is 16.6. The summed E-state index contributed by atoms with van der Waals surface area (Å²) in [6.07, 6.45) is 2.85. The average molecular weight is 327 g/mol. The van der Waals surface area contributed by atoms with E-state index in [2.05, 4.69) is 15.5 Å². The van der Waals surface area contributed by atoms with Crippen LogP contribution in [0.3, 0.4) is 0 Å². The fraction of sp³-hybridized carbons (Fsp3) is 0.235. The molecule has 1 aliphatic heterocycles. The number of benzene rings is 1. The van der Waals surface area contributed by atoms with E-state index >= 15 is 0 Å². The number of hydrogen-bond donors (Lipinski definition) is 1. The molecule has 3 rings (SSSR count). The van der Waals surface area contributed by atoms with Gasteiger partial charge in [-0.25, -0.2) is 0 Å². The fourth-order valence-corrected chi connectivity index (χ4v) is 2.38. The third kappa shape index (κ3) is 3.29. The monoisotopic (exact) mass is 327 g/mol. The van der Waals surface area contributed by atoms with Crippen molar-refractivity contribution >= 4 is 17.3 Å². The van der Waals surface area contributed by atoms with Gasteiger partial charge in [0.2, 0.25) is 6.10 Å². The van der Waals surface area contributed by atoms with Crippen molar-refractivity contribution in [3.63, 3.8) is 0 Å². The lowest BCUT2D eigenvalue weighted by atomic mass is 10.0. The number of nitrogens with one attached hydrogen (secondary N) is 1. The van der Waals surface area contributed by atoms with E-state index in [1.165, 1.54) is 0 Å². The Kier molecular flexibility index (Phi) is 4.60. The molecule has 24 heavy (non-hydrogen) atoms. The molecule has 1 aromatic heterocycles. The number of aromatic nitrogens is 1. The standard InChI is InChI=1S/C17H17N3O4/c1-22-12-5-6-15(23-2)13(8-12)14-9-16(24-20-14)17(21)19-11-4-3-7-18-10-11/h3-8,10,16H,9H2,1-2H3,(H,19,21)/t16-/m1/s1. The number of carbonyl (C=O) groups is 1. The van der Waals surface area contributed by atoms with Crippen LogP contribution in [0.25, 0.3) is 0 Å². The number of pyridine rings is 1. The van der Waals surface area contributed by atoms with Crippen molar-refractivity contribution < 1.29 is 19.1 Å². The molecule has 124 valence electrons. The molecular weight excluding hydrogens is 310 g/mol. The molecule has 1 amide bonds. The average Bonchev–Trinajstić information content (AvgIpc) is 3.12. The smallest absolute Gasteiger partial charge is 0.268 e. The van der Waals surface area contributed by atoms with Gasteiger partial charge in [0, 0.05) is 18.2 Å². The van der Waals surface area contributed by atoms with Gasteiger partial charge in [-0.2, -0.15) is 0 Å². The summed E-state index contributed by atoms with van der Waals surface area (Å²) in [6, 6.07) is 8.90. The van der Waals surface area contributed by atoms with E-state index in [0.29, 0.717) is 29.3 Å². The topological polar surface area (TPSA) is 82.0 Å². The first-order valence-electron chi connectivity index (χ1n) is 7.37. The number of anilines is 1. The Hall–Kier alpha value is -3.09. The molecule has 0 fully saturated rings. The van der Waals surface area contributed by atoms with E-state index in [1.54, 1.807) is 50.9 Å². The van der Waals surface area contributed by atoms with Gasteiger partial charge in [0.15, 0.2) is 0 Å². The second-order valence-corrected chi connectivity index (χ2v) is 5.13. The van der Waals surface area contributed by atoms with Crippen LogP contribution in [0.15, 0.2) is 47.9 Å². The summed E-state index contributed by atoms with van der Waals surface area (Å²) in [6.45, 7) is 0. The van der Waals surface area contributed by atoms with Crippen LogP contribution in [-0.2, 0) is 9.63 Å². The lowest BCUT2D eigenvalue weighted by Gasteiger charge is -2.10. The summed E-state index contributed by atoms with van der Waals surface area (Å²) in [5.41, 5.74) is 1.99. The Morgan fingerprint density at radius 3 is 2.88 bits per heavy atom. The number of nitrogens with zero attached hydrogens (tertiary/aromatic N) is 2. The van der Waals surface area contributed by atoms with Crippen LogP contribution in [0.4, 0.5) is 5.69 Å². The van der Waals surface area contributed by atoms with Crippen molar-refractivity contribution in [3.8, 4) is 11.5 Å². The van der Waals surface area contributed by atoms with Crippen molar-refractivity contribution in [3.05, 3.63) is 48.3 Å². The Labute approximate surface area is 139 Å². The van der Waals surface area contributed by atoms with Gasteiger partial charge in [-0.15, -0.1) is 0 Å². The number of methoxy groups -OCH3 is 2. The van der Waals surface area contributed by atoms with Crippen molar-refractivity contribution in [1.82, 2.24) is 4.98 Å². The van der Waals surface area contributed by atoms with Gasteiger partial charge < -0.3 is 19.6 Å². The van der Waals surface area contributed by atoms with Gasteiger partial charge in [-0.1, -0.05) is 5.16 Å². The zero-order valence-corrected chi connectivity index (χ0v) is 13.4. The Morgan fingerprint density at radius 1 is 1.29 bits per heavy atom. The summed E-state index contributed by atoms with van der Waals surface area (Å²) < 4.78 is 10.6. The van der Waals surface area contributed by atoms with Gasteiger partial charge in [-0.05, 0) is 30.3 Å². The van der Waals surface area contributed by atoms with Gasteiger partial charge in [0.1, 0.15) is 11.5 Å². The maximum atomic E-state index is 12.3. The first kappa shape index (κ1) is 15.8. The minimum absolute atomic E-state index is 0.274. The highest BCUT2D eigenvalue weighted by molar-refractivity contribution is 6.07. The van der Waals surface area contributed by atoms with E-state index in [-0.39, 0.29) is 5.91 Å². The van der Waals surface area contributed by atoms with E-state index in [0.717, 1.165) is 5.56 Å².